The Bertz CT molecular complexity index is 1100. The number of halogens is 2. The molecule has 0 fully saturated rings. The van der Waals surface area contributed by atoms with Crippen molar-refractivity contribution in [3.05, 3.63) is 61.1 Å². The number of aromatic nitrogens is 4. The molecule has 1 N–H and O–H groups in total. The predicted octanol–water partition coefficient (Wildman–Crippen LogP) is 4.40. The Kier molecular flexibility index (Phi) is 4.76. The van der Waals surface area contributed by atoms with Crippen molar-refractivity contribution in [2.45, 2.75) is 6.61 Å². The van der Waals surface area contributed by atoms with E-state index in [-0.39, 0.29) is 5.75 Å². The minimum atomic E-state index is -2.84. The van der Waals surface area contributed by atoms with Crippen molar-refractivity contribution in [2.24, 2.45) is 0 Å². The van der Waals surface area contributed by atoms with Gasteiger partial charge >= 0.3 is 6.61 Å². The van der Waals surface area contributed by atoms with Crippen molar-refractivity contribution in [1.29, 1.82) is 0 Å². The minimum absolute atomic E-state index is 0.115. The molecule has 4 aromatic rings. The zero-order chi connectivity index (χ0) is 19.5. The van der Waals surface area contributed by atoms with E-state index in [0.29, 0.717) is 17.3 Å². The van der Waals surface area contributed by atoms with Crippen molar-refractivity contribution in [3.8, 4) is 28.4 Å². The van der Waals surface area contributed by atoms with Crippen LogP contribution in [0.5, 0.6) is 5.75 Å². The molecular formula is C20H15F2N5O. The van der Waals surface area contributed by atoms with Gasteiger partial charge in [-0.25, -0.2) is 15.0 Å². The van der Waals surface area contributed by atoms with Crippen LogP contribution in [-0.2, 0) is 0 Å². The maximum atomic E-state index is 12.3. The second-order valence-corrected chi connectivity index (χ2v) is 5.87. The largest absolute Gasteiger partial charge is 0.435 e. The Morgan fingerprint density at radius 3 is 2.43 bits per heavy atom. The molecule has 0 spiro atoms. The molecule has 0 aliphatic heterocycles. The van der Waals surface area contributed by atoms with Crippen LogP contribution in [0.2, 0.25) is 0 Å². The first-order chi connectivity index (χ1) is 13.6. The lowest BCUT2D eigenvalue weighted by Crippen LogP contribution is -2.01. The molecule has 0 bridgehead atoms. The molecule has 4 rings (SSSR count). The number of hydrogen-bond acceptors (Lipinski definition) is 6. The van der Waals surface area contributed by atoms with Crippen LogP contribution in [0.25, 0.3) is 33.5 Å². The smallest absolute Gasteiger partial charge is 0.387 e. The number of ether oxygens (including phenoxy) is 1. The standard InChI is InChI=1S/C20H15F2N5O/c1-23-18-15-7-4-13(12-2-5-14(6-3-12)28-20(21)22)10-16(15)26-19(27-18)17-11-24-8-9-25-17/h2-11,20H,1H3,(H,23,26,27). The van der Waals surface area contributed by atoms with Crippen molar-refractivity contribution in [1.82, 2.24) is 19.9 Å². The number of alkyl halides is 2. The van der Waals surface area contributed by atoms with Gasteiger partial charge in [-0.3, -0.25) is 4.98 Å². The van der Waals surface area contributed by atoms with E-state index in [1.165, 1.54) is 12.1 Å². The Hall–Kier alpha value is -3.68. The Labute approximate surface area is 159 Å². The molecule has 140 valence electrons. The maximum Gasteiger partial charge on any atom is 0.387 e. The number of fused-ring (bicyclic) bond motifs is 1. The minimum Gasteiger partial charge on any atom is -0.435 e. The molecule has 2 aromatic heterocycles. The molecule has 0 radical (unpaired) electrons. The van der Waals surface area contributed by atoms with Crippen molar-refractivity contribution >= 4 is 16.7 Å². The summed E-state index contributed by atoms with van der Waals surface area (Å²) in [6, 6.07) is 12.2. The van der Waals surface area contributed by atoms with Crippen LogP contribution in [0.1, 0.15) is 0 Å². The third-order valence-electron chi connectivity index (χ3n) is 4.14. The third kappa shape index (κ3) is 3.57. The highest BCUT2D eigenvalue weighted by molar-refractivity contribution is 5.93. The number of rotatable bonds is 5. The molecule has 0 unspecified atom stereocenters. The first-order valence-electron chi connectivity index (χ1n) is 8.45. The Balaban J connectivity index is 1.77. The van der Waals surface area contributed by atoms with Gasteiger partial charge in [-0.05, 0) is 35.4 Å². The monoisotopic (exact) mass is 379 g/mol. The van der Waals surface area contributed by atoms with Crippen LogP contribution in [0, 0.1) is 0 Å². The normalized spacial score (nSPS) is 11.0. The summed E-state index contributed by atoms with van der Waals surface area (Å²) in [5.41, 5.74) is 3.04. The first-order valence-corrected chi connectivity index (χ1v) is 8.45. The lowest BCUT2D eigenvalue weighted by atomic mass is 10.0. The first kappa shape index (κ1) is 17.7. The zero-order valence-corrected chi connectivity index (χ0v) is 14.8. The summed E-state index contributed by atoms with van der Waals surface area (Å²) in [7, 11) is 1.79. The second-order valence-electron chi connectivity index (χ2n) is 5.87. The molecule has 0 aliphatic carbocycles. The summed E-state index contributed by atoms with van der Waals surface area (Å²) < 4.78 is 29.0. The highest BCUT2D eigenvalue weighted by Crippen LogP contribution is 2.29. The average molecular weight is 379 g/mol. The van der Waals surface area contributed by atoms with Crippen molar-refractivity contribution in [2.75, 3.05) is 12.4 Å². The molecular weight excluding hydrogens is 364 g/mol. The summed E-state index contributed by atoms with van der Waals surface area (Å²) in [4.78, 5) is 17.5. The molecule has 0 saturated carbocycles. The molecule has 2 heterocycles. The maximum absolute atomic E-state index is 12.3. The second kappa shape index (κ2) is 7.51. The number of hydrogen-bond donors (Lipinski definition) is 1. The van der Waals surface area contributed by atoms with Gasteiger partial charge in [0.15, 0.2) is 5.82 Å². The lowest BCUT2D eigenvalue weighted by molar-refractivity contribution is -0.0498. The van der Waals surface area contributed by atoms with E-state index in [1.807, 2.05) is 18.2 Å². The summed E-state index contributed by atoms with van der Waals surface area (Å²) >= 11 is 0. The molecule has 0 atom stereocenters. The quantitative estimate of drug-likeness (QED) is 0.554. The Morgan fingerprint density at radius 1 is 0.964 bits per heavy atom. The number of benzene rings is 2. The van der Waals surface area contributed by atoms with Crippen LogP contribution in [-0.4, -0.2) is 33.6 Å². The lowest BCUT2D eigenvalue weighted by Gasteiger charge is -2.10. The van der Waals surface area contributed by atoms with E-state index < -0.39 is 6.61 Å². The van der Waals surface area contributed by atoms with E-state index in [9.17, 15) is 8.78 Å². The van der Waals surface area contributed by atoms with E-state index in [4.69, 9.17) is 0 Å². The number of nitrogens with zero attached hydrogens (tertiary/aromatic N) is 4. The summed E-state index contributed by atoms with van der Waals surface area (Å²) in [5.74, 6) is 1.25. The summed E-state index contributed by atoms with van der Waals surface area (Å²) in [5, 5.41) is 3.94. The van der Waals surface area contributed by atoms with Crippen molar-refractivity contribution < 1.29 is 13.5 Å². The van der Waals surface area contributed by atoms with E-state index in [0.717, 1.165) is 22.0 Å². The van der Waals surface area contributed by atoms with Gasteiger partial charge in [0, 0.05) is 24.8 Å². The van der Waals surface area contributed by atoms with Gasteiger partial charge in [-0.2, -0.15) is 8.78 Å². The van der Waals surface area contributed by atoms with Gasteiger partial charge in [0.05, 0.1) is 11.7 Å². The molecule has 8 heteroatoms. The predicted molar refractivity (Wildman–Crippen MR) is 102 cm³/mol. The van der Waals surface area contributed by atoms with Crippen LogP contribution in [0.3, 0.4) is 0 Å². The SMILES string of the molecule is CNc1nc(-c2cnccn2)nc2cc(-c3ccc(OC(F)F)cc3)ccc12. The van der Waals surface area contributed by atoms with E-state index >= 15 is 0 Å². The highest BCUT2D eigenvalue weighted by atomic mass is 19.3. The van der Waals surface area contributed by atoms with Gasteiger partial charge in [0.2, 0.25) is 0 Å². The van der Waals surface area contributed by atoms with Crippen LogP contribution in [0.15, 0.2) is 61.1 Å². The van der Waals surface area contributed by atoms with Crippen LogP contribution >= 0.6 is 0 Å². The number of nitrogens with one attached hydrogen (secondary N) is 1. The average Bonchev–Trinajstić information content (AvgIpc) is 2.73. The van der Waals surface area contributed by atoms with Gasteiger partial charge < -0.3 is 10.1 Å². The van der Waals surface area contributed by atoms with Crippen LogP contribution < -0.4 is 10.1 Å². The zero-order valence-electron chi connectivity index (χ0n) is 14.8. The molecule has 2 aromatic carbocycles. The van der Waals surface area contributed by atoms with E-state index in [2.05, 4.69) is 30.0 Å². The van der Waals surface area contributed by atoms with Crippen molar-refractivity contribution in [3.63, 3.8) is 0 Å². The highest BCUT2D eigenvalue weighted by Gasteiger charge is 2.11. The number of anilines is 1. The van der Waals surface area contributed by atoms with Gasteiger partial charge in [-0.15, -0.1) is 0 Å². The molecule has 6 nitrogen and oxygen atoms in total. The molecule has 28 heavy (non-hydrogen) atoms. The molecule has 0 aliphatic rings. The molecule has 0 saturated heterocycles. The summed E-state index contributed by atoms with van der Waals surface area (Å²) in [6.45, 7) is -2.84. The third-order valence-corrected chi connectivity index (χ3v) is 4.14. The Morgan fingerprint density at radius 2 is 1.75 bits per heavy atom. The fraction of sp³-hybridized carbons (Fsp3) is 0.100. The van der Waals surface area contributed by atoms with Crippen LogP contribution in [0.4, 0.5) is 14.6 Å². The topological polar surface area (TPSA) is 72.8 Å². The van der Waals surface area contributed by atoms with Gasteiger partial charge in [0.1, 0.15) is 17.3 Å². The fourth-order valence-electron chi connectivity index (χ4n) is 2.86. The van der Waals surface area contributed by atoms with Gasteiger partial charge in [-0.1, -0.05) is 18.2 Å². The van der Waals surface area contributed by atoms with Gasteiger partial charge in [0.25, 0.3) is 0 Å². The summed E-state index contributed by atoms with van der Waals surface area (Å²) in [6.07, 6.45) is 4.77. The molecule has 0 amide bonds. The fourth-order valence-corrected chi connectivity index (χ4v) is 2.86. The van der Waals surface area contributed by atoms with E-state index in [1.54, 1.807) is 37.8 Å².